The van der Waals surface area contributed by atoms with E-state index in [2.05, 4.69) is 15.0 Å². The van der Waals surface area contributed by atoms with Gasteiger partial charge in [-0.2, -0.15) is 0 Å². The number of nitrogens with zero attached hydrogens (tertiary/aromatic N) is 2. The Morgan fingerprint density at radius 2 is 2.15 bits per heavy atom. The van der Waals surface area contributed by atoms with Crippen molar-refractivity contribution in [1.29, 1.82) is 0 Å². The highest BCUT2D eigenvalue weighted by Crippen LogP contribution is 2.25. The van der Waals surface area contributed by atoms with Crippen LogP contribution in [0, 0.1) is 6.92 Å². The lowest BCUT2D eigenvalue weighted by atomic mass is 10.0. The van der Waals surface area contributed by atoms with Gasteiger partial charge in [0.05, 0.1) is 18.0 Å². The first-order chi connectivity index (χ1) is 12.3. The van der Waals surface area contributed by atoms with Crippen LogP contribution in [0.3, 0.4) is 0 Å². The molecule has 1 unspecified atom stereocenters. The molecule has 3 rings (SSSR count). The Kier molecular flexibility index (Phi) is 5.24. The molecular weight excluding hydrogens is 352 g/mol. The largest absolute Gasteiger partial charge is 0.329 e. The number of hydrogen-bond donors (Lipinski definition) is 2. The smallest absolute Gasteiger partial charge is 0.254 e. The van der Waals surface area contributed by atoms with Gasteiger partial charge in [-0.3, -0.25) is 14.5 Å². The molecule has 1 aromatic carbocycles. The van der Waals surface area contributed by atoms with Crippen molar-refractivity contribution < 1.29 is 13.2 Å². The highest BCUT2D eigenvalue weighted by Gasteiger charge is 2.29. The van der Waals surface area contributed by atoms with Gasteiger partial charge in [-0.25, -0.2) is 8.42 Å². The minimum atomic E-state index is -3.41. The number of aryl methyl sites for hydroxylation is 1. The van der Waals surface area contributed by atoms with E-state index < -0.39 is 10.0 Å². The van der Waals surface area contributed by atoms with Crippen LogP contribution in [-0.2, 0) is 10.0 Å². The number of sulfonamides is 1. The summed E-state index contributed by atoms with van der Waals surface area (Å²) in [5.74, 6) is -0.128. The van der Waals surface area contributed by atoms with Gasteiger partial charge in [0, 0.05) is 37.6 Å². The van der Waals surface area contributed by atoms with E-state index in [0.29, 0.717) is 30.9 Å². The number of amides is 1. The van der Waals surface area contributed by atoms with Crippen molar-refractivity contribution in [3.05, 3.63) is 59.4 Å². The number of hydrogen-bond acceptors (Lipinski definition) is 5. The van der Waals surface area contributed by atoms with Crippen LogP contribution in [-0.4, -0.2) is 50.1 Å². The number of piperazine rings is 1. The van der Waals surface area contributed by atoms with Crippen LogP contribution in [0.5, 0.6) is 0 Å². The molecule has 1 saturated heterocycles. The number of rotatable bonds is 4. The Bertz CT molecular complexity index is 900. The molecule has 1 fully saturated rings. The van der Waals surface area contributed by atoms with Gasteiger partial charge < -0.3 is 10.2 Å². The maximum atomic E-state index is 13.1. The monoisotopic (exact) mass is 374 g/mol. The summed E-state index contributed by atoms with van der Waals surface area (Å²) in [5, 5.41) is 3.31. The first-order valence-electron chi connectivity index (χ1n) is 8.35. The quantitative estimate of drug-likeness (QED) is 0.847. The second-order valence-electron chi connectivity index (χ2n) is 6.41. The molecule has 26 heavy (non-hydrogen) atoms. The Morgan fingerprint density at radius 1 is 1.35 bits per heavy atom. The lowest BCUT2D eigenvalue weighted by Gasteiger charge is -2.36. The number of aromatic nitrogens is 1. The van der Waals surface area contributed by atoms with Crippen molar-refractivity contribution in [2.75, 3.05) is 30.6 Å². The summed E-state index contributed by atoms with van der Waals surface area (Å²) in [7, 11) is -3.41. The van der Waals surface area contributed by atoms with Crippen molar-refractivity contribution in [3.8, 4) is 0 Å². The molecule has 1 amide bonds. The van der Waals surface area contributed by atoms with Gasteiger partial charge in [0.25, 0.3) is 5.91 Å². The fourth-order valence-electron chi connectivity index (χ4n) is 3.05. The highest BCUT2D eigenvalue weighted by molar-refractivity contribution is 7.92. The molecule has 0 radical (unpaired) electrons. The second kappa shape index (κ2) is 7.43. The molecule has 7 nitrogen and oxygen atoms in total. The van der Waals surface area contributed by atoms with Crippen molar-refractivity contribution in [1.82, 2.24) is 15.2 Å². The van der Waals surface area contributed by atoms with E-state index in [1.165, 1.54) is 0 Å². The van der Waals surface area contributed by atoms with Crippen LogP contribution in [0.15, 0.2) is 42.7 Å². The average molecular weight is 374 g/mol. The Hall–Kier alpha value is -2.45. The number of nitrogens with one attached hydrogen (secondary N) is 2. The van der Waals surface area contributed by atoms with E-state index in [-0.39, 0.29) is 11.9 Å². The SMILES string of the molecule is Cc1ccc(C(=O)N2CCNCC2c2cccnc2)cc1NS(C)(=O)=O. The van der Waals surface area contributed by atoms with Gasteiger partial charge in [-0.05, 0) is 36.2 Å². The molecule has 1 aromatic heterocycles. The first-order valence-corrected chi connectivity index (χ1v) is 10.2. The number of anilines is 1. The Labute approximate surface area is 153 Å². The fourth-order valence-corrected chi connectivity index (χ4v) is 3.67. The van der Waals surface area contributed by atoms with Gasteiger partial charge in [0.15, 0.2) is 0 Å². The van der Waals surface area contributed by atoms with Crippen molar-refractivity contribution >= 4 is 21.6 Å². The molecule has 8 heteroatoms. The number of pyridine rings is 1. The molecule has 0 spiro atoms. The van der Waals surface area contributed by atoms with Crippen LogP contribution in [0.4, 0.5) is 5.69 Å². The van der Waals surface area contributed by atoms with E-state index in [1.807, 2.05) is 17.0 Å². The molecule has 1 aliphatic rings. The van der Waals surface area contributed by atoms with E-state index in [1.54, 1.807) is 37.5 Å². The van der Waals surface area contributed by atoms with Gasteiger partial charge >= 0.3 is 0 Å². The molecule has 0 aliphatic carbocycles. The second-order valence-corrected chi connectivity index (χ2v) is 8.16. The fraction of sp³-hybridized carbons (Fsp3) is 0.333. The molecule has 1 atom stereocenters. The highest BCUT2D eigenvalue weighted by atomic mass is 32.2. The maximum absolute atomic E-state index is 13.1. The van der Waals surface area contributed by atoms with Crippen molar-refractivity contribution in [3.63, 3.8) is 0 Å². The summed E-state index contributed by atoms with van der Waals surface area (Å²) in [6.07, 6.45) is 4.56. The van der Waals surface area contributed by atoms with Crippen LogP contribution in [0.2, 0.25) is 0 Å². The van der Waals surface area contributed by atoms with Crippen LogP contribution in [0.25, 0.3) is 0 Å². The summed E-state index contributed by atoms with van der Waals surface area (Å²) in [5.41, 5.74) is 2.61. The predicted molar refractivity (Wildman–Crippen MR) is 101 cm³/mol. The average Bonchev–Trinajstić information content (AvgIpc) is 2.62. The number of carbonyl (C=O) groups excluding carboxylic acids is 1. The first kappa shape index (κ1) is 18.3. The summed E-state index contributed by atoms with van der Waals surface area (Å²) in [6, 6.07) is 8.78. The van der Waals surface area contributed by atoms with E-state index in [9.17, 15) is 13.2 Å². The van der Waals surface area contributed by atoms with E-state index in [0.717, 1.165) is 17.4 Å². The van der Waals surface area contributed by atoms with Crippen LogP contribution >= 0.6 is 0 Å². The normalized spacial score (nSPS) is 17.8. The molecule has 1 aliphatic heterocycles. The summed E-state index contributed by atoms with van der Waals surface area (Å²) < 4.78 is 25.6. The number of benzene rings is 1. The molecule has 2 N–H and O–H groups in total. The van der Waals surface area contributed by atoms with E-state index >= 15 is 0 Å². The molecule has 2 heterocycles. The minimum Gasteiger partial charge on any atom is -0.329 e. The van der Waals surface area contributed by atoms with Crippen LogP contribution < -0.4 is 10.0 Å². The van der Waals surface area contributed by atoms with Crippen molar-refractivity contribution in [2.24, 2.45) is 0 Å². The van der Waals surface area contributed by atoms with Gasteiger partial charge in [-0.1, -0.05) is 12.1 Å². The van der Waals surface area contributed by atoms with Gasteiger partial charge in [0.2, 0.25) is 10.0 Å². The summed E-state index contributed by atoms with van der Waals surface area (Å²) in [4.78, 5) is 19.1. The van der Waals surface area contributed by atoms with Gasteiger partial charge in [-0.15, -0.1) is 0 Å². The summed E-state index contributed by atoms with van der Waals surface area (Å²) in [6.45, 7) is 3.73. The van der Waals surface area contributed by atoms with Crippen LogP contribution in [0.1, 0.15) is 27.5 Å². The van der Waals surface area contributed by atoms with E-state index in [4.69, 9.17) is 0 Å². The molecule has 138 valence electrons. The molecule has 0 saturated carbocycles. The minimum absolute atomic E-state index is 0.113. The Balaban J connectivity index is 1.91. The summed E-state index contributed by atoms with van der Waals surface area (Å²) >= 11 is 0. The molecular formula is C18H22N4O3S. The lowest BCUT2D eigenvalue weighted by Crippen LogP contribution is -2.48. The Morgan fingerprint density at radius 3 is 2.85 bits per heavy atom. The zero-order valence-electron chi connectivity index (χ0n) is 14.8. The predicted octanol–water partition coefficient (Wildman–Crippen LogP) is 1.55. The van der Waals surface area contributed by atoms with Gasteiger partial charge in [0.1, 0.15) is 0 Å². The third kappa shape index (κ3) is 4.20. The third-order valence-electron chi connectivity index (χ3n) is 4.35. The molecule has 2 aromatic rings. The maximum Gasteiger partial charge on any atom is 0.254 e. The zero-order valence-corrected chi connectivity index (χ0v) is 15.6. The topological polar surface area (TPSA) is 91.4 Å². The third-order valence-corrected chi connectivity index (χ3v) is 4.94. The lowest BCUT2D eigenvalue weighted by molar-refractivity contribution is 0.0634. The van der Waals surface area contributed by atoms with Crippen molar-refractivity contribution in [2.45, 2.75) is 13.0 Å². The number of carbonyl (C=O) groups is 1. The zero-order chi connectivity index (χ0) is 18.7. The molecule has 0 bridgehead atoms. The standard InChI is InChI=1S/C18H22N4O3S/c1-13-5-6-14(10-16(13)21-26(2,24)25)18(23)22-9-8-20-12-17(22)15-4-3-7-19-11-15/h3-7,10-11,17,20-21H,8-9,12H2,1-2H3.